The van der Waals surface area contributed by atoms with Crippen molar-refractivity contribution in [2.75, 3.05) is 33.8 Å². The van der Waals surface area contributed by atoms with Crippen LogP contribution in [0.4, 0.5) is 0 Å². The molecular weight excluding hydrogens is 190 g/mol. The smallest absolute Gasteiger partial charge is 0.314 e. The first-order valence-electron chi connectivity index (χ1n) is 5.89. The first kappa shape index (κ1) is 12.5. The molecule has 0 aromatic heterocycles. The van der Waals surface area contributed by atoms with Crippen LogP contribution in [-0.2, 0) is 9.53 Å². The number of hydrogen-bond acceptors (Lipinski definition) is 2. The molecule has 15 heavy (non-hydrogen) atoms. The molecule has 1 fully saturated rings. The Morgan fingerprint density at radius 1 is 1.47 bits per heavy atom. The van der Waals surface area contributed by atoms with Gasteiger partial charge < -0.3 is 9.22 Å². The summed E-state index contributed by atoms with van der Waals surface area (Å²) in [7, 11) is 4.36. The Bertz CT molecular complexity index is 224. The first-order chi connectivity index (χ1) is 6.91. The van der Waals surface area contributed by atoms with Gasteiger partial charge >= 0.3 is 5.97 Å². The third-order valence-electron chi connectivity index (χ3n) is 2.92. The Labute approximate surface area is 93.0 Å². The number of hydrogen-bond donors (Lipinski definition) is 0. The molecule has 0 bridgehead atoms. The number of rotatable bonds is 3. The molecule has 1 aliphatic rings. The van der Waals surface area contributed by atoms with Crippen LogP contribution >= 0.6 is 0 Å². The van der Waals surface area contributed by atoms with E-state index in [-0.39, 0.29) is 11.9 Å². The van der Waals surface area contributed by atoms with Gasteiger partial charge in [-0.25, -0.2) is 0 Å². The van der Waals surface area contributed by atoms with E-state index in [1.54, 1.807) is 0 Å². The summed E-state index contributed by atoms with van der Waals surface area (Å²) in [6.07, 6.45) is 2.13. The lowest BCUT2D eigenvalue weighted by Crippen LogP contribution is -2.49. The fourth-order valence-corrected chi connectivity index (χ4v) is 2.10. The van der Waals surface area contributed by atoms with Gasteiger partial charge in [0.15, 0.2) is 0 Å². The van der Waals surface area contributed by atoms with Crippen molar-refractivity contribution in [3.63, 3.8) is 0 Å². The molecule has 0 aliphatic carbocycles. The number of nitrogens with zero attached hydrogens (tertiary/aromatic N) is 1. The molecule has 0 spiro atoms. The quantitative estimate of drug-likeness (QED) is 0.528. The number of piperidine rings is 1. The molecule has 0 radical (unpaired) electrons. The second-order valence-electron chi connectivity index (χ2n) is 5.70. The van der Waals surface area contributed by atoms with Gasteiger partial charge in [-0.15, -0.1) is 0 Å². The van der Waals surface area contributed by atoms with Crippen molar-refractivity contribution in [2.24, 2.45) is 11.8 Å². The summed E-state index contributed by atoms with van der Waals surface area (Å²) in [5.41, 5.74) is 0. The van der Waals surface area contributed by atoms with Crippen LogP contribution in [-0.4, -0.2) is 44.2 Å². The molecule has 1 rings (SSSR count). The second-order valence-corrected chi connectivity index (χ2v) is 5.70. The molecule has 1 atom stereocenters. The maximum Gasteiger partial charge on any atom is 0.314 e. The van der Waals surface area contributed by atoms with Crippen molar-refractivity contribution in [1.82, 2.24) is 0 Å². The molecule has 0 N–H and O–H groups in total. The summed E-state index contributed by atoms with van der Waals surface area (Å²) in [4.78, 5) is 11.8. The summed E-state index contributed by atoms with van der Waals surface area (Å²) in [6.45, 7) is 6.79. The molecule has 0 amide bonds. The van der Waals surface area contributed by atoms with E-state index in [9.17, 15) is 4.79 Å². The van der Waals surface area contributed by atoms with Crippen LogP contribution in [0.3, 0.4) is 0 Å². The molecular formula is C12H24NO2+. The molecule has 1 unspecified atom stereocenters. The number of carbonyl (C=O) groups excluding carboxylic acids is 1. The monoisotopic (exact) mass is 214 g/mol. The van der Waals surface area contributed by atoms with Gasteiger partial charge in [-0.05, 0) is 18.8 Å². The molecule has 3 heteroatoms. The van der Waals surface area contributed by atoms with Crippen LogP contribution in [0, 0.1) is 11.8 Å². The van der Waals surface area contributed by atoms with E-state index in [4.69, 9.17) is 4.74 Å². The number of likely N-dealkylation sites (tertiary alicyclic amines) is 1. The molecule has 1 aliphatic heterocycles. The molecule has 3 nitrogen and oxygen atoms in total. The highest BCUT2D eigenvalue weighted by Crippen LogP contribution is 2.21. The van der Waals surface area contributed by atoms with E-state index in [0.717, 1.165) is 23.9 Å². The fourth-order valence-electron chi connectivity index (χ4n) is 2.10. The largest absolute Gasteiger partial charge is 0.465 e. The number of carbonyl (C=O) groups is 1. The fraction of sp³-hybridized carbons (Fsp3) is 0.917. The van der Waals surface area contributed by atoms with Gasteiger partial charge in [0.05, 0.1) is 33.8 Å². The minimum Gasteiger partial charge on any atom is -0.465 e. The summed E-state index contributed by atoms with van der Waals surface area (Å²) in [6, 6.07) is 0. The maximum atomic E-state index is 11.8. The molecule has 1 saturated heterocycles. The SMILES string of the molecule is CC(C)COC(=O)C1CCC[N+](C)(C)C1. The standard InChI is InChI=1S/C12H24NO2/c1-10(2)9-15-12(14)11-6-5-7-13(3,4)8-11/h10-11H,5-9H2,1-4H3/q+1. The van der Waals surface area contributed by atoms with E-state index < -0.39 is 0 Å². The van der Waals surface area contributed by atoms with Crippen LogP contribution in [0.25, 0.3) is 0 Å². The predicted molar refractivity (Wildman–Crippen MR) is 60.4 cm³/mol. The summed E-state index contributed by atoms with van der Waals surface area (Å²) in [5, 5.41) is 0. The van der Waals surface area contributed by atoms with Gasteiger partial charge in [-0.3, -0.25) is 4.79 Å². The Balaban J connectivity index is 2.39. The van der Waals surface area contributed by atoms with Gasteiger partial charge in [0, 0.05) is 0 Å². The lowest BCUT2D eigenvalue weighted by atomic mass is 9.97. The van der Waals surface area contributed by atoms with E-state index in [1.165, 1.54) is 6.54 Å². The zero-order valence-corrected chi connectivity index (χ0v) is 10.5. The molecule has 0 aromatic rings. The topological polar surface area (TPSA) is 26.3 Å². The molecule has 0 aromatic carbocycles. The van der Waals surface area contributed by atoms with Crippen molar-refractivity contribution >= 4 is 5.97 Å². The zero-order chi connectivity index (χ0) is 11.5. The predicted octanol–water partition coefficient (Wildman–Crippen LogP) is 1.67. The molecule has 0 saturated carbocycles. The molecule has 1 heterocycles. The summed E-state index contributed by atoms with van der Waals surface area (Å²) < 4.78 is 6.23. The van der Waals surface area contributed by atoms with Gasteiger partial charge in [-0.2, -0.15) is 0 Å². The van der Waals surface area contributed by atoms with E-state index in [1.807, 2.05) is 0 Å². The summed E-state index contributed by atoms with van der Waals surface area (Å²) in [5.74, 6) is 0.558. The average Bonchev–Trinajstić information content (AvgIpc) is 2.12. The van der Waals surface area contributed by atoms with Crippen molar-refractivity contribution in [3.05, 3.63) is 0 Å². The van der Waals surface area contributed by atoms with Gasteiger partial charge in [0.25, 0.3) is 0 Å². The maximum absolute atomic E-state index is 11.8. The Morgan fingerprint density at radius 2 is 2.13 bits per heavy atom. The Kier molecular flexibility index (Phi) is 4.14. The van der Waals surface area contributed by atoms with E-state index in [0.29, 0.717) is 12.5 Å². The van der Waals surface area contributed by atoms with Crippen molar-refractivity contribution in [3.8, 4) is 0 Å². The third kappa shape index (κ3) is 4.20. The van der Waals surface area contributed by atoms with Crippen LogP contribution < -0.4 is 0 Å². The number of esters is 1. The number of quaternary nitrogens is 1. The lowest BCUT2D eigenvalue weighted by molar-refractivity contribution is -0.897. The first-order valence-corrected chi connectivity index (χ1v) is 5.89. The van der Waals surface area contributed by atoms with Crippen LogP contribution in [0.15, 0.2) is 0 Å². The van der Waals surface area contributed by atoms with Crippen molar-refractivity contribution in [2.45, 2.75) is 26.7 Å². The van der Waals surface area contributed by atoms with Crippen LogP contribution in [0.1, 0.15) is 26.7 Å². The minimum atomic E-state index is 0.00889. The van der Waals surface area contributed by atoms with Gasteiger partial charge in [-0.1, -0.05) is 13.8 Å². The molecule has 88 valence electrons. The van der Waals surface area contributed by atoms with Crippen molar-refractivity contribution < 1.29 is 14.0 Å². The Morgan fingerprint density at radius 3 is 2.67 bits per heavy atom. The highest BCUT2D eigenvalue weighted by atomic mass is 16.5. The minimum absolute atomic E-state index is 0.00889. The summed E-state index contributed by atoms with van der Waals surface area (Å²) >= 11 is 0. The van der Waals surface area contributed by atoms with Gasteiger partial charge in [0.1, 0.15) is 5.92 Å². The second kappa shape index (κ2) is 4.97. The highest BCUT2D eigenvalue weighted by Gasteiger charge is 2.33. The number of ether oxygens (including phenoxy) is 1. The normalized spacial score (nSPS) is 25.3. The van der Waals surface area contributed by atoms with Crippen LogP contribution in [0.5, 0.6) is 0 Å². The zero-order valence-electron chi connectivity index (χ0n) is 10.5. The van der Waals surface area contributed by atoms with Crippen LogP contribution in [0.2, 0.25) is 0 Å². The van der Waals surface area contributed by atoms with E-state index >= 15 is 0 Å². The average molecular weight is 214 g/mol. The third-order valence-corrected chi connectivity index (χ3v) is 2.92. The Hall–Kier alpha value is -0.570. The van der Waals surface area contributed by atoms with Crippen molar-refractivity contribution in [1.29, 1.82) is 0 Å². The highest BCUT2D eigenvalue weighted by molar-refractivity contribution is 5.72. The lowest BCUT2D eigenvalue weighted by Gasteiger charge is -2.37. The van der Waals surface area contributed by atoms with E-state index in [2.05, 4.69) is 27.9 Å². The van der Waals surface area contributed by atoms with Gasteiger partial charge in [0.2, 0.25) is 0 Å².